The van der Waals surface area contributed by atoms with Crippen molar-refractivity contribution in [2.75, 3.05) is 12.3 Å². The Morgan fingerprint density at radius 2 is 1.44 bits per heavy atom. The van der Waals surface area contributed by atoms with E-state index >= 15 is 0 Å². The van der Waals surface area contributed by atoms with E-state index in [1.807, 2.05) is 30.3 Å². The summed E-state index contributed by atoms with van der Waals surface area (Å²) in [6.45, 7) is 4.52. The van der Waals surface area contributed by atoms with Crippen LogP contribution in [0.5, 0.6) is 0 Å². The molecule has 20 heteroatoms. The van der Waals surface area contributed by atoms with Gasteiger partial charge in [0.2, 0.25) is 35.4 Å². The maximum absolute atomic E-state index is 14.4. The standard InChI is InChI=1S/C39H56N6O13S/c1-21(2)32(38(55)45-18-25(58-19-23-10-6-4-7-11-23)16-29(45)36(53)42-28(20-59)39(56)57)43-37(54)33(24-12-8-5-9-13-24)44-34(51)26(14-15-30(47)48)41-35(52)27(17-31(49)50)40-22(3)46/h4,6-7,10-11,21,24-29,32-33,59H,5,8-9,12-20H2,1-3H3,(H,40,46)(H,41,52)(H,42,53)(H,43,54)(H,44,51)(H,47,48)(H,49,50)(H,56,57). The number of hydrogen-bond donors (Lipinski definition) is 9. The SMILES string of the molecule is CC(=O)NC(CC(=O)O)C(=O)NC(CCC(=O)O)C(=O)NC(C(=O)NC(C(=O)N1CC(OCc2ccccc2)CC1C(=O)NC(CS)C(=O)O)C(C)C)C1CCCCC1. The van der Waals surface area contributed by atoms with E-state index in [0.717, 1.165) is 31.7 Å². The number of nitrogens with zero attached hydrogens (tertiary/aromatic N) is 1. The van der Waals surface area contributed by atoms with Crippen molar-refractivity contribution in [3.8, 4) is 0 Å². The summed E-state index contributed by atoms with van der Waals surface area (Å²) in [5.41, 5.74) is 0.847. The smallest absolute Gasteiger partial charge is 0.327 e. The molecule has 2 aliphatic rings. The van der Waals surface area contributed by atoms with Gasteiger partial charge in [-0.1, -0.05) is 63.4 Å². The molecular weight excluding hydrogens is 793 g/mol. The highest BCUT2D eigenvalue weighted by atomic mass is 32.1. The Bertz CT molecular complexity index is 1660. The number of hydrogen-bond acceptors (Lipinski definition) is 11. The predicted octanol–water partition coefficient (Wildman–Crippen LogP) is 0.207. The van der Waals surface area contributed by atoms with Gasteiger partial charge in [0.1, 0.15) is 36.3 Å². The maximum Gasteiger partial charge on any atom is 0.327 e. The first-order chi connectivity index (χ1) is 27.9. The Labute approximate surface area is 347 Å². The number of rotatable bonds is 22. The number of thiol groups is 1. The molecule has 7 atom stereocenters. The number of benzene rings is 1. The largest absolute Gasteiger partial charge is 0.481 e. The van der Waals surface area contributed by atoms with Gasteiger partial charge in [0.25, 0.3) is 0 Å². The van der Waals surface area contributed by atoms with Crippen molar-refractivity contribution in [3.05, 3.63) is 35.9 Å². The van der Waals surface area contributed by atoms with Gasteiger partial charge >= 0.3 is 17.9 Å². The first-order valence-corrected chi connectivity index (χ1v) is 20.3. The van der Waals surface area contributed by atoms with Crippen LogP contribution in [-0.4, -0.2) is 128 Å². The second kappa shape index (κ2) is 23.4. The summed E-state index contributed by atoms with van der Waals surface area (Å²) in [5, 5.41) is 40.6. The van der Waals surface area contributed by atoms with Crippen LogP contribution in [0.15, 0.2) is 30.3 Å². The van der Waals surface area contributed by atoms with E-state index in [9.17, 15) is 58.5 Å². The van der Waals surface area contributed by atoms with Crippen molar-refractivity contribution in [2.24, 2.45) is 11.8 Å². The number of carboxylic acids is 3. The Hall–Kier alpha value is -5.24. The van der Waals surface area contributed by atoms with Crippen LogP contribution in [0.4, 0.5) is 0 Å². The molecule has 0 bridgehead atoms. The Kier molecular flexibility index (Phi) is 19.1. The van der Waals surface area contributed by atoms with Gasteiger partial charge in [-0.25, -0.2) is 4.79 Å². The van der Waals surface area contributed by atoms with Crippen molar-refractivity contribution in [2.45, 2.75) is 128 Å². The second-order valence-corrected chi connectivity index (χ2v) is 15.6. The normalized spacial score (nSPS) is 19.3. The van der Waals surface area contributed by atoms with E-state index in [-0.39, 0.29) is 25.3 Å². The van der Waals surface area contributed by atoms with Gasteiger partial charge in [-0.2, -0.15) is 12.6 Å². The summed E-state index contributed by atoms with van der Waals surface area (Å²) in [5.74, 6) is -10.1. The maximum atomic E-state index is 14.4. The zero-order valence-corrected chi connectivity index (χ0v) is 34.3. The molecule has 326 valence electrons. The van der Waals surface area contributed by atoms with E-state index < -0.39 is 127 Å². The van der Waals surface area contributed by atoms with E-state index in [1.165, 1.54) is 4.90 Å². The van der Waals surface area contributed by atoms with Crippen LogP contribution in [0.1, 0.15) is 84.1 Å². The Morgan fingerprint density at radius 1 is 0.797 bits per heavy atom. The van der Waals surface area contributed by atoms with Crippen LogP contribution >= 0.6 is 12.6 Å². The summed E-state index contributed by atoms with van der Waals surface area (Å²) >= 11 is 4.03. The highest BCUT2D eigenvalue weighted by Crippen LogP contribution is 2.28. The Balaban J connectivity index is 1.90. The topological polar surface area (TPSA) is 287 Å². The van der Waals surface area contributed by atoms with Gasteiger partial charge in [0.15, 0.2) is 0 Å². The summed E-state index contributed by atoms with van der Waals surface area (Å²) in [6, 6.07) is 1.04. The number of carboxylic acid groups (broad SMARTS) is 3. The fourth-order valence-corrected chi connectivity index (χ4v) is 7.39. The first-order valence-electron chi connectivity index (χ1n) is 19.6. The van der Waals surface area contributed by atoms with E-state index in [0.29, 0.717) is 12.8 Å². The summed E-state index contributed by atoms with van der Waals surface area (Å²) in [7, 11) is 0. The van der Waals surface area contributed by atoms with Gasteiger partial charge in [0.05, 0.1) is 19.1 Å². The number of aliphatic carboxylic acids is 3. The molecule has 1 saturated heterocycles. The molecule has 8 N–H and O–H groups in total. The minimum Gasteiger partial charge on any atom is -0.481 e. The zero-order chi connectivity index (χ0) is 43.8. The second-order valence-electron chi connectivity index (χ2n) is 15.2. The van der Waals surface area contributed by atoms with Crippen molar-refractivity contribution in [1.82, 2.24) is 31.5 Å². The lowest BCUT2D eigenvalue weighted by Crippen LogP contribution is -2.61. The molecule has 2 fully saturated rings. The minimum atomic E-state index is -1.59. The number of ether oxygens (including phenoxy) is 1. The number of amides is 6. The third kappa shape index (κ3) is 15.1. The molecule has 1 saturated carbocycles. The van der Waals surface area contributed by atoms with Crippen LogP contribution in [-0.2, 0) is 54.5 Å². The molecule has 1 heterocycles. The fraction of sp³-hybridized carbons (Fsp3) is 0.615. The average molecular weight is 849 g/mol. The van der Waals surface area contributed by atoms with Crippen molar-refractivity contribution >= 4 is 66.0 Å². The van der Waals surface area contributed by atoms with Crippen molar-refractivity contribution < 1.29 is 63.2 Å². The molecule has 59 heavy (non-hydrogen) atoms. The monoisotopic (exact) mass is 848 g/mol. The lowest BCUT2D eigenvalue weighted by Gasteiger charge is -2.34. The average Bonchev–Trinajstić information content (AvgIpc) is 3.62. The molecule has 1 aromatic rings. The highest BCUT2D eigenvalue weighted by Gasteiger charge is 2.45. The van der Waals surface area contributed by atoms with Gasteiger partial charge in [0, 0.05) is 32.1 Å². The molecule has 19 nitrogen and oxygen atoms in total. The van der Waals surface area contributed by atoms with Gasteiger partial charge in [-0.05, 0) is 36.7 Å². The number of nitrogens with one attached hydrogen (secondary N) is 5. The quantitative estimate of drug-likeness (QED) is 0.0707. The zero-order valence-electron chi connectivity index (χ0n) is 33.4. The van der Waals surface area contributed by atoms with Crippen LogP contribution in [0.2, 0.25) is 0 Å². The Morgan fingerprint density at radius 3 is 2.00 bits per heavy atom. The van der Waals surface area contributed by atoms with E-state index in [2.05, 4.69) is 39.2 Å². The summed E-state index contributed by atoms with van der Waals surface area (Å²) < 4.78 is 6.09. The molecular formula is C39H56N6O13S. The first kappa shape index (κ1) is 48.1. The number of carbonyl (C=O) groups excluding carboxylic acids is 6. The molecule has 3 rings (SSSR count). The number of carbonyl (C=O) groups is 9. The van der Waals surface area contributed by atoms with Crippen LogP contribution in [0, 0.1) is 11.8 Å². The van der Waals surface area contributed by atoms with Gasteiger partial charge in [-0.15, -0.1) is 0 Å². The molecule has 1 aliphatic carbocycles. The van der Waals surface area contributed by atoms with Crippen molar-refractivity contribution in [1.29, 1.82) is 0 Å². The van der Waals surface area contributed by atoms with E-state index in [1.54, 1.807) is 13.8 Å². The van der Waals surface area contributed by atoms with Crippen molar-refractivity contribution in [3.63, 3.8) is 0 Å². The summed E-state index contributed by atoms with van der Waals surface area (Å²) in [4.78, 5) is 117. The molecule has 1 aromatic carbocycles. The molecule has 6 amide bonds. The molecule has 0 radical (unpaired) electrons. The van der Waals surface area contributed by atoms with Crippen LogP contribution in [0.3, 0.4) is 0 Å². The van der Waals surface area contributed by atoms with Crippen LogP contribution in [0.25, 0.3) is 0 Å². The number of likely N-dealkylation sites (tertiary alicyclic amines) is 1. The molecule has 1 aliphatic heterocycles. The van der Waals surface area contributed by atoms with E-state index in [4.69, 9.17) is 4.74 Å². The molecule has 7 unspecified atom stereocenters. The minimum absolute atomic E-state index is 0.0293. The third-order valence-electron chi connectivity index (χ3n) is 10.3. The lowest BCUT2D eigenvalue weighted by atomic mass is 9.83. The molecule has 0 aromatic heterocycles. The summed E-state index contributed by atoms with van der Waals surface area (Å²) in [6.07, 6.45) is 0.883. The highest BCUT2D eigenvalue weighted by molar-refractivity contribution is 7.80. The molecule has 0 spiro atoms. The van der Waals surface area contributed by atoms with Crippen LogP contribution < -0.4 is 26.6 Å². The predicted molar refractivity (Wildman–Crippen MR) is 212 cm³/mol. The fourth-order valence-electron chi connectivity index (χ4n) is 7.14. The van der Waals surface area contributed by atoms with Gasteiger partial charge in [-0.3, -0.25) is 38.4 Å². The van der Waals surface area contributed by atoms with Gasteiger partial charge < -0.3 is 51.5 Å². The third-order valence-corrected chi connectivity index (χ3v) is 10.6. The lowest BCUT2D eigenvalue weighted by molar-refractivity contribution is -0.145.